The summed E-state index contributed by atoms with van der Waals surface area (Å²) in [5, 5.41) is 15.9. The second-order valence-corrected chi connectivity index (χ2v) is 5.43. The smallest absolute Gasteiger partial charge is 0.220 e. The lowest BCUT2D eigenvalue weighted by molar-refractivity contribution is -0.122. The Balaban J connectivity index is 1.53. The van der Waals surface area contributed by atoms with Crippen LogP contribution in [-0.2, 0) is 11.2 Å². The summed E-state index contributed by atoms with van der Waals surface area (Å²) in [6.07, 6.45) is 1.15. The molecule has 2 aromatic rings. The van der Waals surface area contributed by atoms with Gasteiger partial charge in [-0.2, -0.15) is 0 Å². The number of carbonyl (C=O) groups is 1. The molecule has 2 unspecified atom stereocenters. The molecule has 1 aliphatic rings. The van der Waals surface area contributed by atoms with E-state index < -0.39 is 6.10 Å². The first-order valence-electron chi connectivity index (χ1n) is 7.34. The van der Waals surface area contributed by atoms with Crippen LogP contribution in [-0.4, -0.2) is 46.2 Å². The highest BCUT2D eigenvalue weighted by Gasteiger charge is 2.24. The number of nitrogens with one attached hydrogen (secondary N) is 3. The lowest BCUT2D eigenvalue weighted by atomic mass is 10.0. The lowest BCUT2D eigenvalue weighted by Gasteiger charge is -2.29. The minimum atomic E-state index is -0.457. The molecule has 1 aromatic heterocycles. The van der Waals surface area contributed by atoms with Gasteiger partial charge in [-0.1, -0.05) is 12.1 Å². The van der Waals surface area contributed by atoms with E-state index in [-0.39, 0.29) is 11.9 Å². The number of H-pyrrole nitrogens is 1. The number of aliphatic hydroxyl groups is 1. The van der Waals surface area contributed by atoms with Gasteiger partial charge in [0, 0.05) is 19.4 Å². The zero-order valence-electron chi connectivity index (χ0n) is 11.8. The number of amides is 1. The number of aryl methyl sites for hydroxylation is 1. The van der Waals surface area contributed by atoms with E-state index in [1.54, 1.807) is 0 Å². The third kappa shape index (κ3) is 3.40. The topological polar surface area (TPSA) is 90.0 Å². The Kier molecular flexibility index (Phi) is 4.17. The number of rotatable bonds is 4. The molecule has 0 spiro atoms. The molecular formula is C15H20N4O2. The Morgan fingerprint density at radius 3 is 3.10 bits per heavy atom. The summed E-state index contributed by atoms with van der Waals surface area (Å²) >= 11 is 0. The van der Waals surface area contributed by atoms with Gasteiger partial charge in [-0.15, -0.1) is 0 Å². The fourth-order valence-corrected chi connectivity index (χ4v) is 2.63. The van der Waals surface area contributed by atoms with Crippen molar-refractivity contribution >= 4 is 16.9 Å². The number of imidazole rings is 1. The number of hydrogen-bond acceptors (Lipinski definition) is 4. The summed E-state index contributed by atoms with van der Waals surface area (Å²) in [7, 11) is 0. The van der Waals surface area contributed by atoms with Crippen LogP contribution in [0.3, 0.4) is 0 Å². The molecule has 6 nitrogen and oxygen atoms in total. The molecule has 2 heterocycles. The van der Waals surface area contributed by atoms with Gasteiger partial charge in [0.15, 0.2) is 0 Å². The van der Waals surface area contributed by atoms with E-state index >= 15 is 0 Å². The summed E-state index contributed by atoms with van der Waals surface area (Å²) < 4.78 is 0. The Morgan fingerprint density at radius 1 is 1.43 bits per heavy atom. The minimum Gasteiger partial charge on any atom is -0.391 e. The van der Waals surface area contributed by atoms with Crippen molar-refractivity contribution in [3.05, 3.63) is 30.1 Å². The number of carbonyl (C=O) groups excluding carboxylic acids is 1. The van der Waals surface area contributed by atoms with Crippen LogP contribution in [0.1, 0.15) is 18.7 Å². The van der Waals surface area contributed by atoms with Gasteiger partial charge in [-0.3, -0.25) is 4.79 Å². The lowest BCUT2D eigenvalue weighted by Crippen LogP contribution is -2.53. The van der Waals surface area contributed by atoms with E-state index in [0.717, 1.165) is 23.4 Å². The monoisotopic (exact) mass is 288 g/mol. The summed E-state index contributed by atoms with van der Waals surface area (Å²) in [5.74, 6) is 0.761. The van der Waals surface area contributed by atoms with Crippen molar-refractivity contribution in [3.8, 4) is 0 Å². The van der Waals surface area contributed by atoms with Crippen molar-refractivity contribution in [2.75, 3.05) is 13.1 Å². The number of fused-ring (bicyclic) bond motifs is 1. The summed E-state index contributed by atoms with van der Waals surface area (Å²) in [6, 6.07) is 7.61. The van der Waals surface area contributed by atoms with E-state index in [9.17, 15) is 9.90 Å². The number of aromatic amines is 1. The number of aliphatic hydroxyl groups excluding tert-OH is 1. The molecule has 1 aromatic carbocycles. The van der Waals surface area contributed by atoms with Crippen LogP contribution in [0, 0.1) is 0 Å². The first-order chi connectivity index (χ1) is 10.2. The van der Waals surface area contributed by atoms with Gasteiger partial charge in [-0.05, 0) is 25.1 Å². The molecule has 3 rings (SSSR count). The molecule has 1 saturated heterocycles. The van der Waals surface area contributed by atoms with Gasteiger partial charge in [0.1, 0.15) is 5.82 Å². The van der Waals surface area contributed by atoms with Crippen LogP contribution >= 0.6 is 0 Å². The predicted octanol–water partition coefficient (Wildman–Crippen LogP) is 0.334. The Hall–Kier alpha value is -1.92. The normalized spacial score (nSPS) is 22.3. The summed E-state index contributed by atoms with van der Waals surface area (Å²) in [4.78, 5) is 19.6. The highest BCUT2D eigenvalue weighted by Crippen LogP contribution is 2.11. The van der Waals surface area contributed by atoms with E-state index in [2.05, 4.69) is 20.6 Å². The van der Waals surface area contributed by atoms with Gasteiger partial charge in [0.05, 0.1) is 23.2 Å². The third-order valence-corrected chi connectivity index (χ3v) is 3.82. The van der Waals surface area contributed by atoms with Crippen LogP contribution in [0.5, 0.6) is 0 Å². The zero-order valence-corrected chi connectivity index (χ0v) is 11.8. The number of aromatic nitrogens is 2. The van der Waals surface area contributed by atoms with Gasteiger partial charge in [-0.25, -0.2) is 4.98 Å². The number of hydrogen-bond donors (Lipinski definition) is 4. The Bertz CT molecular complexity index is 592. The van der Waals surface area contributed by atoms with Crippen molar-refractivity contribution in [1.82, 2.24) is 20.6 Å². The highest BCUT2D eigenvalue weighted by molar-refractivity contribution is 5.77. The molecule has 0 bridgehead atoms. The molecule has 1 amide bonds. The molecule has 0 aliphatic carbocycles. The van der Waals surface area contributed by atoms with Crippen LogP contribution in [0.2, 0.25) is 0 Å². The summed E-state index contributed by atoms with van der Waals surface area (Å²) in [5.41, 5.74) is 1.90. The number of piperidine rings is 1. The van der Waals surface area contributed by atoms with Gasteiger partial charge >= 0.3 is 0 Å². The van der Waals surface area contributed by atoms with Crippen LogP contribution in [0.15, 0.2) is 24.3 Å². The van der Waals surface area contributed by atoms with E-state index in [1.165, 1.54) is 0 Å². The molecule has 21 heavy (non-hydrogen) atoms. The maximum Gasteiger partial charge on any atom is 0.220 e. The second-order valence-electron chi connectivity index (χ2n) is 5.43. The van der Waals surface area contributed by atoms with Gasteiger partial charge in [0.25, 0.3) is 0 Å². The molecule has 4 N–H and O–H groups in total. The SMILES string of the molecule is O=C(CCc1nc2ccccc2[nH]1)NC1CNCCC1O. The molecule has 2 atom stereocenters. The zero-order chi connectivity index (χ0) is 14.7. The molecule has 0 radical (unpaired) electrons. The van der Waals surface area contributed by atoms with E-state index in [1.807, 2.05) is 24.3 Å². The molecule has 0 saturated carbocycles. The Morgan fingerprint density at radius 2 is 2.29 bits per heavy atom. The van der Waals surface area contributed by atoms with Crippen molar-refractivity contribution in [1.29, 1.82) is 0 Å². The second kappa shape index (κ2) is 6.24. The highest BCUT2D eigenvalue weighted by atomic mass is 16.3. The van der Waals surface area contributed by atoms with Crippen LogP contribution < -0.4 is 10.6 Å². The number of nitrogens with zero attached hydrogens (tertiary/aromatic N) is 1. The van der Waals surface area contributed by atoms with Gasteiger partial charge < -0.3 is 20.7 Å². The quantitative estimate of drug-likeness (QED) is 0.653. The van der Waals surface area contributed by atoms with Crippen molar-refractivity contribution in [2.24, 2.45) is 0 Å². The molecule has 6 heteroatoms. The number of para-hydroxylation sites is 2. The Labute approximate surface area is 123 Å². The molecule has 1 fully saturated rings. The molecule has 112 valence electrons. The van der Waals surface area contributed by atoms with E-state index in [4.69, 9.17) is 0 Å². The van der Waals surface area contributed by atoms with Crippen molar-refractivity contribution in [2.45, 2.75) is 31.4 Å². The van der Waals surface area contributed by atoms with Crippen LogP contribution in [0.25, 0.3) is 11.0 Å². The maximum atomic E-state index is 12.0. The fraction of sp³-hybridized carbons (Fsp3) is 0.467. The minimum absolute atomic E-state index is 0.0526. The summed E-state index contributed by atoms with van der Waals surface area (Å²) in [6.45, 7) is 1.42. The van der Waals surface area contributed by atoms with Crippen molar-refractivity contribution in [3.63, 3.8) is 0 Å². The standard InChI is InChI=1S/C15H20N4O2/c20-13-7-8-16-9-12(13)19-15(21)6-5-14-17-10-3-1-2-4-11(10)18-14/h1-4,12-13,16,20H,5-9H2,(H,17,18)(H,19,21). The van der Waals surface area contributed by atoms with Crippen molar-refractivity contribution < 1.29 is 9.90 Å². The average molecular weight is 288 g/mol. The fourth-order valence-electron chi connectivity index (χ4n) is 2.63. The molecular weight excluding hydrogens is 268 g/mol. The molecule has 1 aliphatic heterocycles. The average Bonchev–Trinajstić information content (AvgIpc) is 2.90. The largest absolute Gasteiger partial charge is 0.391 e. The van der Waals surface area contributed by atoms with E-state index in [0.29, 0.717) is 25.8 Å². The maximum absolute atomic E-state index is 12.0. The number of benzene rings is 1. The van der Waals surface area contributed by atoms with Crippen LogP contribution in [0.4, 0.5) is 0 Å². The third-order valence-electron chi connectivity index (χ3n) is 3.82. The first kappa shape index (κ1) is 14.0. The first-order valence-corrected chi connectivity index (χ1v) is 7.34. The predicted molar refractivity (Wildman–Crippen MR) is 79.8 cm³/mol. The van der Waals surface area contributed by atoms with Gasteiger partial charge in [0.2, 0.25) is 5.91 Å².